The highest BCUT2D eigenvalue weighted by molar-refractivity contribution is 7.17. The maximum Gasteiger partial charge on any atom is 0.341 e. The molecule has 1 aromatic heterocycles. The van der Waals surface area contributed by atoms with Gasteiger partial charge in [0.15, 0.2) is 0 Å². The van der Waals surface area contributed by atoms with E-state index in [-0.39, 0.29) is 0 Å². The van der Waals surface area contributed by atoms with Crippen LogP contribution in [0.5, 0.6) is 0 Å². The van der Waals surface area contributed by atoms with Crippen LogP contribution in [0.1, 0.15) is 27.2 Å². The summed E-state index contributed by atoms with van der Waals surface area (Å²) >= 11 is 1.35. The van der Waals surface area contributed by atoms with Crippen molar-refractivity contribution in [2.75, 3.05) is 39.6 Å². The van der Waals surface area contributed by atoms with Crippen molar-refractivity contribution in [2.24, 2.45) is 0 Å². The molecule has 8 heteroatoms. The molecule has 0 unspecified atom stereocenters. The van der Waals surface area contributed by atoms with Gasteiger partial charge in [0.1, 0.15) is 5.00 Å². The van der Waals surface area contributed by atoms with E-state index in [9.17, 15) is 14.4 Å². The van der Waals surface area contributed by atoms with Crippen LogP contribution in [0.15, 0.2) is 0 Å². The topological polar surface area (TPSA) is 88.9 Å². The van der Waals surface area contributed by atoms with Crippen molar-refractivity contribution in [1.29, 1.82) is 0 Å². The van der Waals surface area contributed by atoms with Gasteiger partial charge in [0.05, 0.1) is 39.9 Å². The summed E-state index contributed by atoms with van der Waals surface area (Å²) in [6.45, 7) is 1.14. The number of nitrogens with one attached hydrogen (secondary N) is 3. The van der Waals surface area contributed by atoms with Crippen LogP contribution < -0.4 is 15.5 Å². The number of carbonyl (C=O) groups excluding carboxylic acids is 3. The molecule has 0 bridgehead atoms. The molecule has 2 rings (SSSR count). The SMILES string of the molecule is COC(=O)c1c(NC(=O)C(=O)NCC[NH+](C)C)sc2c1CCC2. The zero-order chi connectivity index (χ0) is 17.0. The van der Waals surface area contributed by atoms with Crippen molar-refractivity contribution < 1.29 is 24.0 Å². The van der Waals surface area contributed by atoms with Gasteiger partial charge in [-0.3, -0.25) is 9.59 Å². The highest BCUT2D eigenvalue weighted by Crippen LogP contribution is 2.39. The predicted octanol–water partition coefficient (Wildman–Crippen LogP) is -0.777. The zero-order valence-corrected chi connectivity index (χ0v) is 14.4. The van der Waals surface area contributed by atoms with Crippen LogP contribution in [0.25, 0.3) is 0 Å². The van der Waals surface area contributed by atoms with Gasteiger partial charge in [0.2, 0.25) is 0 Å². The van der Waals surface area contributed by atoms with E-state index in [1.807, 2.05) is 14.1 Å². The Kier molecular flexibility index (Phi) is 5.73. The third-order valence-electron chi connectivity index (χ3n) is 3.65. The van der Waals surface area contributed by atoms with Crippen LogP contribution in [-0.4, -0.2) is 52.1 Å². The number of anilines is 1. The van der Waals surface area contributed by atoms with Crippen LogP contribution in [0, 0.1) is 0 Å². The lowest BCUT2D eigenvalue weighted by molar-refractivity contribution is -0.856. The molecule has 126 valence electrons. The Balaban J connectivity index is 2.06. The van der Waals surface area contributed by atoms with Crippen LogP contribution in [0.3, 0.4) is 0 Å². The quantitative estimate of drug-likeness (QED) is 0.485. The second-order valence-corrected chi connectivity index (χ2v) is 6.83. The van der Waals surface area contributed by atoms with E-state index in [2.05, 4.69) is 10.6 Å². The molecule has 3 N–H and O–H groups in total. The van der Waals surface area contributed by atoms with Crippen molar-refractivity contribution >= 4 is 34.1 Å². The van der Waals surface area contributed by atoms with E-state index in [1.165, 1.54) is 23.3 Å². The monoisotopic (exact) mass is 340 g/mol. The Morgan fingerprint density at radius 2 is 1.96 bits per heavy atom. The van der Waals surface area contributed by atoms with Crippen molar-refractivity contribution in [3.63, 3.8) is 0 Å². The van der Waals surface area contributed by atoms with Gasteiger partial charge in [-0.1, -0.05) is 0 Å². The van der Waals surface area contributed by atoms with E-state index < -0.39 is 17.8 Å². The van der Waals surface area contributed by atoms with Crippen molar-refractivity contribution in [3.8, 4) is 0 Å². The van der Waals surface area contributed by atoms with Gasteiger partial charge in [0, 0.05) is 4.88 Å². The first-order chi connectivity index (χ1) is 10.9. The molecule has 0 atom stereocenters. The summed E-state index contributed by atoms with van der Waals surface area (Å²) in [5.41, 5.74) is 1.33. The average molecular weight is 340 g/mol. The molecule has 0 radical (unpaired) electrons. The third kappa shape index (κ3) is 4.08. The number of likely N-dealkylation sites (N-methyl/N-ethyl adjacent to an activating group) is 1. The van der Waals surface area contributed by atoms with Gasteiger partial charge in [0.25, 0.3) is 0 Å². The molecule has 1 aromatic rings. The van der Waals surface area contributed by atoms with Crippen molar-refractivity contribution in [2.45, 2.75) is 19.3 Å². The summed E-state index contributed by atoms with van der Waals surface area (Å²) in [6.07, 6.45) is 2.67. The van der Waals surface area contributed by atoms with Gasteiger partial charge < -0.3 is 20.3 Å². The van der Waals surface area contributed by atoms with Crippen LogP contribution >= 0.6 is 11.3 Å². The second kappa shape index (κ2) is 7.56. The van der Waals surface area contributed by atoms with E-state index in [4.69, 9.17) is 4.74 Å². The van der Waals surface area contributed by atoms with Gasteiger partial charge in [-0.05, 0) is 24.8 Å². The number of hydrogen-bond donors (Lipinski definition) is 3. The number of amides is 2. The normalized spacial score (nSPS) is 12.9. The lowest BCUT2D eigenvalue weighted by Gasteiger charge is -2.09. The average Bonchev–Trinajstić information content (AvgIpc) is 3.06. The van der Waals surface area contributed by atoms with E-state index in [1.54, 1.807) is 0 Å². The third-order valence-corrected chi connectivity index (χ3v) is 4.86. The van der Waals surface area contributed by atoms with Gasteiger partial charge >= 0.3 is 17.8 Å². The van der Waals surface area contributed by atoms with E-state index >= 15 is 0 Å². The number of methoxy groups -OCH3 is 1. The standard InChI is InChI=1S/C15H21N3O4S/c1-18(2)8-7-16-12(19)13(20)17-14-11(15(21)22-3)9-5-4-6-10(9)23-14/h4-8H2,1-3H3,(H,16,19)(H,17,20)/p+1. The number of esters is 1. The first-order valence-corrected chi connectivity index (χ1v) is 8.36. The molecule has 23 heavy (non-hydrogen) atoms. The smallest absolute Gasteiger partial charge is 0.341 e. The Morgan fingerprint density at radius 3 is 2.61 bits per heavy atom. The number of fused-ring (bicyclic) bond motifs is 1. The molecule has 0 spiro atoms. The summed E-state index contributed by atoms with van der Waals surface area (Å²) in [7, 11) is 5.23. The van der Waals surface area contributed by atoms with Crippen LogP contribution in [-0.2, 0) is 27.2 Å². The largest absolute Gasteiger partial charge is 0.465 e. The van der Waals surface area contributed by atoms with Gasteiger partial charge in [-0.2, -0.15) is 0 Å². The van der Waals surface area contributed by atoms with E-state index in [0.29, 0.717) is 17.1 Å². The fourth-order valence-corrected chi connectivity index (χ4v) is 3.75. The molecule has 0 aliphatic heterocycles. The fourth-order valence-electron chi connectivity index (χ4n) is 2.48. The molecule has 1 aliphatic carbocycles. The number of ether oxygens (including phenoxy) is 1. The minimum absolute atomic E-state index is 0.392. The lowest BCUT2D eigenvalue weighted by Crippen LogP contribution is -3.06. The number of hydrogen-bond acceptors (Lipinski definition) is 5. The predicted molar refractivity (Wildman–Crippen MR) is 87.0 cm³/mol. The highest BCUT2D eigenvalue weighted by Gasteiger charge is 2.29. The number of aryl methyl sites for hydroxylation is 1. The van der Waals surface area contributed by atoms with Gasteiger partial charge in [-0.15, -0.1) is 11.3 Å². The summed E-state index contributed by atoms with van der Waals surface area (Å²) in [4.78, 5) is 38.1. The molecule has 7 nitrogen and oxygen atoms in total. The Morgan fingerprint density at radius 1 is 1.22 bits per heavy atom. The molecule has 1 heterocycles. The summed E-state index contributed by atoms with van der Waals surface area (Å²) < 4.78 is 4.81. The maximum absolute atomic E-state index is 12.0. The van der Waals surface area contributed by atoms with Crippen molar-refractivity contribution in [1.82, 2.24) is 5.32 Å². The molecule has 0 aromatic carbocycles. The number of quaternary nitrogens is 1. The molecule has 1 aliphatic rings. The number of thiophene rings is 1. The molecule has 0 fully saturated rings. The Bertz CT molecular complexity index is 624. The minimum atomic E-state index is -0.760. The molecular formula is C15H22N3O4S+. The highest BCUT2D eigenvalue weighted by atomic mass is 32.1. The molecule has 2 amide bonds. The van der Waals surface area contributed by atoms with Crippen LogP contribution in [0.4, 0.5) is 5.00 Å². The summed E-state index contributed by atoms with van der Waals surface area (Å²) in [6, 6.07) is 0. The maximum atomic E-state index is 12.0. The van der Waals surface area contributed by atoms with Crippen LogP contribution in [0.2, 0.25) is 0 Å². The Labute approximate surface area is 139 Å². The summed E-state index contributed by atoms with van der Waals surface area (Å²) in [5.74, 6) is -1.93. The lowest BCUT2D eigenvalue weighted by atomic mass is 10.1. The number of rotatable bonds is 5. The first kappa shape index (κ1) is 17.4. The van der Waals surface area contributed by atoms with Gasteiger partial charge in [-0.25, -0.2) is 4.79 Å². The molecule has 0 saturated carbocycles. The first-order valence-electron chi connectivity index (χ1n) is 7.55. The minimum Gasteiger partial charge on any atom is -0.465 e. The Hall–Kier alpha value is -1.93. The van der Waals surface area contributed by atoms with E-state index in [0.717, 1.165) is 36.2 Å². The fraction of sp³-hybridized carbons (Fsp3) is 0.533. The van der Waals surface area contributed by atoms with Crippen molar-refractivity contribution in [3.05, 3.63) is 16.0 Å². The number of carbonyl (C=O) groups is 3. The molecule has 0 saturated heterocycles. The molecular weight excluding hydrogens is 318 g/mol. The second-order valence-electron chi connectivity index (χ2n) is 5.72. The summed E-state index contributed by atoms with van der Waals surface area (Å²) in [5, 5.41) is 5.52. The zero-order valence-electron chi connectivity index (χ0n) is 13.6.